The van der Waals surface area contributed by atoms with Gasteiger partial charge >= 0.3 is 0 Å². The number of pyridine rings is 1. The predicted octanol–water partition coefficient (Wildman–Crippen LogP) is 2.94. The molecule has 23 heavy (non-hydrogen) atoms. The summed E-state index contributed by atoms with van der Waals surface area (Å²) in [7, 11) is 0. The molecule has 126 valence electrons. The van der Waals surface area contributed by atoms with Gasteiger partial charge in [-0.05, 0) is 19.8 Å². The number of nitrogens with zero attached hydrogens (tertiary/aromatic N) is 3. The summed E-state index contributed by atoms with van der Waals surface area (Å²) in [6, 6.07) is 3.89. The summed E-state index contributed by atoms with van der Waals surface area (Å²) in [5.41, 5.74) is 8.08. The molecule has 0 aliphatic heterocycles. The number of hydrogen-bond acceptors (Lipinski definition) is 5. The van der Waals surface area contributed by atoms with Crippen molar-refractivity contribution >= 4 is 11.5 Å². The third-order valence-electron chi connectivity index (χ3n) is 3.54. The fraction of sp³-hybridized carbons (Fsp3) is 0.529. The van der Waals surface area contributed by atoms with Crippen molar-refractivity contribution in [1.82, 2.24) is 15.0 Å². The van der Waals surface area contributed by atoms with Gasteiger partial charge in [0.05, 0.1) is 6.61 Å². The summed E-state index contributed by atoms with van der Waals surface area (Å²) in [6.45, 7) is 8.84. The minimum atomic E-state index is 0.493. The van der Waals surface area contributed by atoms with Crippen LogP contribution in [0.25, 0.3) is 0 Å². The van der Waals surface area contributed by atoms with E-state index in [4.69, 9.17) is 10.5 Å². The Morgan fingerprint density at radius 3 is 2.57 bits per heavy atom. The summed E-state index contributed by atoms with van der Waals surface area (Å²) in [5, 5.41) is 0. The number of ether oxygens (including phenoxy) is 1. The molecule has 0 atom stereocenters. The number of aromatic amines is 1. The van der Waals surface area contributed by atoms with Crippen molar-refractivity contribution in [3.8, 4) is 5.88 Å². The number of aromatic nitrogens is 3. The summed E-state index contributed by atoms with van der Waals surface area (Å²) in [6.07, 6.45) is 4.79. The molecule has 2 aromatic rings. The maximum absolute atomic E-state index is 5.94. The molecule has 2 aromatic heterocycles. The lowest BCUT2D eigenvalue weighted by atomic mass is 10.3. The molecule has 0 spiro atoms. The molecule has 0 bridgehead atoms. The van der Waals surface area contributed by atoms with Crippen molar-refractivity contribution < 1.29 is 4.74 Å². The Kier molecular flexibility index (Phi) is 6.26. The summed E-state index contributed by atoms with van der Waals surface area (Å²) in [4.78, 5) is 14.0. The van der Waals surface area contributed by atoms with Crippen LogP contribution in [0.15, 0.2) is 18.3 Å². The van der Waals surface area contributed by atoms with Crippen molar-refractivity contribution in [2.24, 2.45) is 0 Å². The second kappa shape index (κ2) is 8.41. The van der Waals surface area contributed by atoms with E-state index in [2.05, 4.69) is 33.7 Å². The van der Waals surface area contributed by atoms with Gasteiger partial charge in [0, 0.05) is 49.2 Å². The first-order chi connectivity index (χ1) is 11.1. The SMILES string of the molecule is CCCN(CCC)c1cc(N)nc(OCCc2cnc(C)[nH]2)c1. The smallest absolute Gasteiger partial charge is 0.217 e. The topological polar surface area (TPSA) is 80.1 Å². The molecule has 6 nitrogen and oxygen atoms in total. The molecule has 0 radical (unpaired) electrons. The fourth-order valence-corrected chi connectivity index (χ4v) is 2.54. The van der Waals surface area contributed by atoms with E-state index in [0.29, 0.717) is 18.3 Å². The number of nitrogens with one attached hydrogen (secondary N) is 1. The number of nitrogen functional groups attached to an aromatic ring is 1. The van der Waals surface area contributed by atoms with E-state index >= 15 is 0 Å². The quantitative estimate of drug-likeness (QED) is 0.743. The highest BCUT2D eigenvalue weighted by molar-refractivity contribution is 5.55. The molecule has 2 heterocycles. The summed E-state index contributed by atoms with van der Waals surface area (Å²) in [5.74, 6) is 1.99. The molecule has 3 N–H and O–H groups in total. The Morgan fingerprint density at radius 1 is 1.22 bits per heavy atom. The van der Waals surface area contributed by atoms with Gasteiger partial charge < -0.3 is 20.4 Å². The fourth-order valence-electron chi connectivity index (χ4n) is 2.54. The molecule has 0 aromatic carbocycles. The van der Waals surface area contributed by atoms with Crippen LogP contribution in [0.3, 0.4) is 0 Å². The highest BCUT2D eigenvalue weighted by atomic mass is 16.5. The minimum Gasteiger partial charge on any atom is -0.477 e. The largest absolute Gasteiger partial charge is 0.477 e. The lowest BCUT2D eigenvalue weighted by Crippen LogP contribution is -2.25. The van der Waals surface area contributed by atoms with Gasteiger partial charge in [-0.15, -0.1) is 0 Å². The second-order valence-corrected chi connectivity index (χ2v) is 5.67. The van der Waals surface area contributed by atoms with Crippen LogP contribution in [0.4, 0.5) is 11.5 Å². The van der Waals surface area contributed by atoms with E-state index in [0.717, 1.165) is 49.6 Å². The number of aryl methyl sites for hydroxylation is 1. The van der Waals surface area contributed by atoms with Crippen molar-refractivity contribution in [3.63, 3.8) is 0 Å². The Morgan fingerprint density at radius 2 is 1.96 bits per heavy atom. The molecule has 0 saturated heterocycles. The first-order valence-corrected chi connectivity index (χ1v) is 8.28. The van der Waals surface area contributed by atoms with Gasteiger partial charge in [-0.25, -0.2) is 4.98 Å². The van der Waals surface area contributed by atoms with Crippen LogP contribution in [0.5, 0.6) is 5.88 Å². The highest BCUT2D eigenvalue weighted by Gasteiger charge is 2.09. The van der Waals surface area contributed by atoms with Gasteiger partial charge in [-0.2, -0.15) is 4.98 Å². The maximum Gasteiger partial charge on any atom is 0.217 e. The predicted molar refractivity (Wildman–Crippen MR) is 94.0 cm³/mol. The van der Waals surface area contributed by atoms with Crippen molar-refractivity contribution in [3.05, 3.63) is 29.8 Å². The lowest BCUT2D eigenvalue weighted by Gasteiger charge is -2.24. The van der Waals surface area contributed by atoms with Crippen molar-refractivity contribution in [1.29, 1.82) is 0 Å². The molecular formula is C17H27N5O. The van der Waals surface area contributed by atoms with Crippen molar-refractivity contribution in [2.45, 2.75) is 40.0 Å². The maximum atomic E-state index is 5.94. The summed E-state index contributed by atoms with van der Waals surface area (Å²) < 4.78 is 5.78. The van der Waals surface area contributed by atoms with Gasteiger partial charge in [0.1, 0.15) is 11.6 Å². The number of rotatable bonds is 9. The van der Waals surface area contributed by atoms with Crippen LogP contribution in [-0.2, 0) is 6.42 Å². The summed E-state index contributed by atoms with van der Waals surface area (Å²) >= 11 is 0. The highest BCUT2D eigenvalue weighted by Crippen LogP contribution is 2.23. The Balaban J connectivity index is 2.00. The Bertz CT molecular complexity index is 605. The van der Waals surface area contributed by atoms with Crippen LogP contribution < -0.4 is 15.4 Å². The van der Waals surface area contributed by atoms with Gasteiger partial charge in [0.25, 0.3) is 0 Å². The monoisotopic (exact) mass is 317 g/mol. The molecule has 0 unspecified atom stereocenters. The molecular weight excluding hydrogens is 290 g/mol. The average Bonchev–Trinajstić information content (AvgIpc) is 2.92. The molecule has 0 saturated carbocycles. The Hall–Kier alpha value is -2.24. The van der Waals surface area contributed by atoms with E-state index in [1.165, 1.54) is 0 Å². The van der Waals surface area contributed by atoms with Gasteiger partial charge in [0.15, 0.2) is 0 Å². The Labute approximate surface area is 138 Å². The first-order valence-electron chi connectivity index (χ1n) is 8.28. The second-order valence-electron chi connectivity index (χ2n) is 5.67. The molecule has 0 aliphatic rings. The normalized spacial score (nSPS) is 10.7. The van der Waals surface area contributed by atoms with Gasteiger partial charge in [-0.3, -0.25) is 0 Å². The molecule has 2 rings (SSSR count). The van der Waals surface area contributed by atoms with Crippen LogP contribution in [0.2, 0.25) is 0 Å². The van der Waals surface area contributed by atoms with Crippen LogP contribution >= 0.6 is 0 Å². The van der Waals surface area contributed by atoms with E-state index in [1.54, 1.807) is 0 Å². The number of imidazole rings is 1. The van der Waals surface area contributed by atoms with Gasteiger partial charge in [0.2, 0.25) is 5.88 Å². The van der Waals surface area contributed by atoms with Crippen molar-refractivity contribution in [2.75, 3.05) is 30.3 Å². The lowest BCUT2D eigenvalue weighted by molar-refractivity contribution is 0.309. The minimum absolute atomic E-state index is 0.493. The van der Waals surface area contributed by atoms with E-state index < -0.39 is 0 Å². The number of H-pyrrole nitrogens is 1. The molecule has 6 heteroatoms. The van der Waals surface area contributed by atoms with Crippen LogP contribution in [-0.4, -0.2) is 34.6 Å². The van der Waals surface area contributed by atoms with E-state index in [-0.39, 0.29) is 0 Å². The molecule has 0 fully saturated rings. The number of hydrogen-bond donors (Lipinski definition) is 2. The van der Waals surface area contributed by atoms with E-state index in [1.807, 2.05) is 25.3 Å². The molecule has 0 aliphatic carbocycles. The van der Waals surface area contributed by atoms with E-state index in [9.17, 15) is 0 Å². The van der Waals surface area contributed by atoms with Crippen LogP contribution in [0, 0.1) is 6.92 Å². The zero-order valence-corrected chi connectivity index (χ0v) is 14.3. The third-order valence-corrected chi connectivity index (χ3v) is 3.54. The third kappa shape index (κ3) is 5.16. The zero-order valence-electron chi connectivity index (χ0n) is 14.3. The molecule has 0 amide bonds. The average molecular weight is 317 g/mol. The standard InChI is InChI=1S/C17H27N5O/c1-4-7-22(8-5-2)15-10-16(18)21-17(11-15)23-9-6-14-12-19-13(3)20-14/h10-12H,4-9H2,1-3H3,(H2,18,21)(H,19,20). The number of nitrogens with two attached hydrogens (primary N) is 1. The van der Waals surface area contributed by atoms with Crippen LogP contribution in [0.1, 0.15) is 38.2 Å². The zero-order chi connectivity index (χ0) is 16.7. The number of anilines is 2. The van der Waals surface area contributed by atoms with Gasteiger partial charge in [-0.1, -0.05) is 13.8 Å². The first kappa shape index (κ1) is 17.1.